The van der Waals surface area contributed by atoms with Gasteiger partial charge in [0.1, 0.15) is 11.7 Å². The molecule has 2 N–H and O–H groups in total. The van der Waals surface area contributed by atoms with Crippen molar-refractivity contribution in [2.24, 2.45) is 0 Å². The quantitative estimate of drug-likeness (QED) is 0.820. The van der Waals surface area contributed by atoms with Crippen LogP contribution in [0.3, 0.4) is 0 Å². The molecular weight excluding hydrogens is 314 g/mol. The van der Waals surface area contributed by atoms with Gasteiger partial charge in [-0.2, -0.15) is 0 Å². The molecule has 0 aromatic heterocycles. The SMILES string of the molecule is COC(=O)c1ccc(O[C@H]2C[C@H](NC(=O)OC(C)(C)C)C2)c(O)c1. The number of phenols is 1. The van der Waals surface area contributed by atoms with Gasteiger partial charge in [-0.15, -0.1) is 0 Å². The Bertz CT molecular complexity index is 616. The van der Waals surface area contributed by atoms with Gasteiger partial charge >= 0.3 is 12.1 Å². The fourth-order valence-corrected chi connectivity index (χ4v) is 2.30. The maximum atomic E-state index is 11.7. The van der Waals surface area contributed by atoms with E-state index in [0.29, 0.717) is 18.6 Å². The molecule has 24 heavy (non-hydrogen) atoms. The Kier molecular flexibility index (Phi) is 5.21. The summed E-state index contributed by atoms with van der Waals surface area (Å²) in [4.78, 5) is 23.0. The van der Waals surface area contributed by atoms with Crippen molar-refractivity contribution in [3.63, 3.8) is 0 Å². The number of carbonyl (C=O) groups excluding carboxylic acids is 2. The highest BCUT2D eigenvalue weighted by Gasteiger charge is 2.33. The molecule has 1 aromatic carbocycles. The van der Waals surface area contributed by atoms with Crippen molar-refractivity contribution in [1.29, 1.82) is 0 Å². The minimum atomic E-state index is -0.531. The molecule has 7 nitrogen and oxygen atoms in total. The summed E-state index contributed by atoms with van der Waals surface area (Å²) in [5.41, 5.74) is -0.280. The summed E-state index contributed by atoms with van der Waals surface area (Å²) in [5, 5.41) is 12.7. The maximum Gasteiger partial charge on any atom is 0.407 e. The molecule has 0 radical (unpaired) electrons. The zero-order valence-corrected chi connectivity index (χ0v) is 14.3. The van der Waals surface area contributed by atoms with E-state index in [1.807, 2.05) is 0 Å². The van der Waals surface area contributed by atoms with Crippen molar-refractivity contribution in [2.75, 3.05) is 7.11 Å². The first kappa shape index (κ1) is 17.9. The predicted octanol–water partition coefficient (Wildman–Crippen LogP) is 2.61. The van der Waals surface area contributed by atoms with E-state index in [1.54, 1.807) is 20.8 Å². The number of methoxy groups -OCH3 is 1. The van der Waals surface area contributed by atoms with Crippen LogP contribution in [-0.4, -0.2) is 42.0 Å². The summed E-state index contributed by atoms with van der Waals surface area (Å²) >= 11 is 0. The number of rotatable bonds is 4. The van der Waals surface area contributed by atoms with Crippen LogP contribution >= 0.6 is 0 Å². The average molecular weight is 337 g/mol. The number of esters is 1. The van der Waals surface area contributed by atoms with Crippen LogP contribution in [0.1, 0.15) is 44.0 Å². The van der Waals surface area contributed by atoms with Gasteiger partial charge < -0.3 is 24.6 Å². The number of carbonyl (C=O) groups is 2. The highest BCUT2D eigenvalue weighted by Crippen LogP contribution is 2.32. The minimum absolute atomic E-state index is 0.0127. The molecule has 0 spiro atoms. The molecule has 1 saturated carbocycles. The summed E-state index contributed by atoms with van der Waals surface area (Å²) in [6.45, 7) is 5.42. The van der Waals surface area contributed by atoms with E-state index in [1.165, 1.54) is 25.3 Å². The summed E-state index contributed by atoms with van der Waals surface area (Å²) < 4.78 is 15.4. The normalized spacial score (nSPS) is 19.8. The van der Waals surface area contributed by atoms with Crippen LogP contribution < -0.4 is 10.1 Å². The lowest BCUT2D eigenvalue weighted by Crippen LogP contribution is -2.50. The molecule has 2 rings (SSSR count). The second kappa shape index (κ2) is 6.98. The Morgan fingerprint density at radius 3 is 2.46 bits per heavy atom. The fourth-order valence-electron chi connectivity index (χ4n) is 2.30. The van der Waals surface area contributed by atoms with Crippen LogP contribution in [0.5, 0.6) is 11.5 Å². The largest absolute Gasteiger partial charge is 0.504 e. The second-order valence-corrected chi connectivity index (χ2v) is 6.73. The van der Waals surface area contributed by atoms with Crippen LogP contribution in [0.4, 0.5) is 4.79 Å². The van der Waals surface area contributed by atoms with Crippen LogP contribution in [0.2, 0.25) is 0 Å². The highest BCUT2D eigenvalue weighted by molar-refractivity contribution is 5.90. The van der Waals surface area contributed by atoms with Crippen molar-refractivity contribution >= 4 is 12.1 Å². The average Bonchev–Trinajstić information content (AvgIpc) is 2.43. The number of benzene rings is 1. The number of alkyl carbamates (subject to hydrolysis) is 1. The number of aromatic hydroxyl groups is 1. The Morgan fingerprint density at radius 1 is 1.25 bits per heavy atom. The van der Waals surface area contributed by atoms with Gasteiger partial charge in [-0.25, -0.2) is 9.59 Å². The first-order valence-corrected chi connectivity index (χ1v) is 7.75. The van der Waals surface area contributed by atoms with Gasteiger partial charge in [0.05, 0.1) is 12.7 Å². The molecular formula is C17H23NO6. The number of hydrogen-bond donors (Lipinski definition) is 2. The van der Waals surface area contributed by atoms with Crippen molar-refractivity contribution in [3.8, 4) is 11.5 Å². The zero-order valence-electron chi connectivity index (χ0n) is 14.3. The molecule has 1 amide bonds. The lowest BCUT2D eigenvalue weighted by atomic mass is 9.89. The number of amides is 1. The number of nitrogens with one attached hydrogen (secondary N) is 1. The third-order valence-corrected chi connectivity index (χ3v) is 3.49. The molecule has 7 heteroatoms. The van der Waals surface area contributed by atoms with Crippen molar-refractivity contribution in [3.05, 3.63) is 23.8 Å². The van der Waals surface area contributed by atoms with Gasteiger partial charge in [-0.3, -0.25) is 0 Å². The molecule has 1 aliphatic carbocycles. The number of ether oxygens (including phenoxy) is 3. The smallest absolute Gasteiger partial charge is 0.407 e. The summed E-state index contributed by atoms with van der Waals surface area (Å²) in [5.74, 6) is -0.355. The Labute approximate surface area is 140 Å². The zero-order chi connectivity index (χ0) is 17.9. The molecule has 1 aromatic rings. The Morgan fingerprint density at radius 2 is 1.92 bits per heavy atom. The number of phenolic OH excluding ortho intramolecular Hbond substituents is 1. The molecule has 1 fully saturated rings. The monoisotopic (exact) mass is 337 g/mol. The lowest BCUT2D eigenvalue weighted by molar-refractivity contribution is 0.0357. The Balaban J connectivity index is 1.81. The first-order chi connectivity index (χ1) is 11.2. The fraction of sp³-hybridized carbons (Fsp3) is 0.529. The van der Waals surface area contributed by atoms with Gasteiger partial charge in [0.25, 0.3) is 0 Å². The van der Waals surface area contributed by atoms with E-state index < -0.39 is 17.7 Å². The third-order valence-electron chi connectivity index (χ3n) is 3.49. The van der Waals surface area contributed by atoms with Crippen molar-refractivity contribution in [2.45, 2.75) is 51.4 Å². The Hall–Kier alpha value is -2.44. The van der Waals surface area contributed by atoms with Gasteiger partial charge in [-0.1, -0.05) is 0 Å². The molecule has 0 saturated heterocycles. The van der Waals surface area contributed by atoms with Crippen LogP contribution in [-0.2, 0) is 9.47 Å². The van der Waals surface area contributed by atoms with Crippen LogP contribution in [0, 0.1) is 0 Å². The van der Waals surface area contributed by atoms with E-state index in [2.05, 4.69) is 10.1 Å². The molecule has 1 aliphatic rings. The molecule has 0 aliphatic heterocycles. The van der Waals surface area contributed by atoms with E-state index in [4.69, 9.17) is 9.47 Å². The summed E-state index contributed by atoms with van der Waals surface area (Å²) in [6.07, 6.45) is 0.686. The predicted molar refractivity (Wildman–Crippen MR) is 86.3 cm³/mol. The van der Waals surface area contributed by atoms with E-state index in [-0.39, 0.29) is 23.5 Å². The highest BCUT2D eigenvalue weighted by atomic mass is 16.6. The van der Waals surface area contributed by atoms with Crippen molar-refractivity contribution in [1.82, 2.24) is 5.32 Å². The van der Waals surface area contributed by atoms with E-state index in [0.717, 1.165) is 0 Å². The molecule has 0 heterocycles. The molecule has 132 valence electrons. The molecule has 0 atom stereocenters. The molecule has 0 bridgehead atoms. The number of hydrogen-bond acceptors (Lipinski definition) is 6. The lowest BCUT2D eigenvalue weighted by Gasteiger charge is -2.36. The third kappa shape index (κ3) is 4.78. The van der Waals surface area contributed by atoms with E-state index in [9.17, 15) is 14.7 Å². The van der Waals surface area contributed by atoms with Gasteiger partial charge in [0.15, 0.2) is 11.5 Å². The van der Waals surface area contributed by atoms with Gasteiger partial charge in [0, 0.05) is 18.9 Å². The topological polar surface area (TPSA) is 94.1 Å². The second-order valence-electron chi connectivity index (χ2n) is 6.73. The van der Waals surface area contributed by atoms with Crippen LogP contribution in [0.25, 0.3) is 0 Å². The standard InChI is InChI=1S/C17H23NO6/c1-17(2,3)24-16(21)18-11-8-12(9-11)23-14-6-5-10(7-13(14)19)15(20)22-4/h5-7,11-12,19H,8-9H2,1-4H3,(H,18,21)/t11-,12-. The summed E-state index contributed by atoms with van der Waals surface area (Å²) in [7, 11) is 1.27. The summed E-state index contributed by atoms with van der Waals surface area (Å²) in [6, 6.07) is 4.34. The van der Waals surface area contributed by atoms with Gasteiger partial charge in [0.2, 0.25) is 0 Å². The van der Waals surface area contributed by atoms with E-state index >= 15 is 0 Å². The van der Waals surface area contributed by atoms with Crippen LogP contribution in [0.15, 0.2) is 18.2 Å². The van der Waals surface area contributed by atoms with Gasteiger partial charge in [-0.05, 0) is 39.0 Å². The minimum Gasteiger partial charge on any atom is -0.504 e. The molecule has 0 unspecified atom stereocenters. The first-order valence-electron chi connectivity index (χ1n) is 7.75. The maximum absolute atomic E-state index is 11.7. The van der Waals surface area contributed by atoms with Crippen molar-refractivity contribution < 1.29 is 28.9 Å².